The van der Waals surface area contributed by atoms with E-state index in [4.69, 9.17) is 0 Å². The Morgan fingerprint density at radius 1 is 0.700 bits per heavy atom. The highest BCUT2D eigenvalue weighted by molar-refractivity contribution is 6.07. The second-order valence-corrected chi connectivity index (χ2v) is 7.81. The second-order valence-electron chi connectivity index (χ2n) is 7.81. The van der Waals surface area contributed by atoms with Gasteiger partial charge in [0.25, 0.3) is 0 Å². The summed E-state index contributed by atoms with van der Waals surface area (Å²) in [7, 11) is 0. The molecule has 30 heavy (non-hydrogen) atoms. The molecule has 0 aliphatic rings. The standard InChI is InChI=1S/C27H25F2N/c1-2-3-4-5-6-7-19-10-13-22-23-14-11-21(18-27(23)30-26(22)17-19)9-8-20-12-15-24(28)25(29)16-20/h10-18,30H,2-7H2,1H3. The Balaban J connectivity index is 1.55. The molecule has 152 valence electrons. The third-order valence-electron chi connectivity index (χ3n) is 5.50. The molecule has 1 nitrogen and oxygen atoms in total. The zero-order chi connectivity index (χ0) is 20.9. The predicted octanol–water partition coefficient (Wildman–Crippen LogP) is 7.51. The molecule has 0 fully saturated rings. The molecule has 1 N–H and O–H groups in total. The van der Waals surface area contributed by atoms with Gasteiger partial charge >= 0.3 is 0 Å². The van der Waals surface area contributed by atoms with Gasteiger partial charge in [-0.1, -0.05) is 62.6 Å². The van der Waals surface area contributed by atoms with Crippen LogP contribution in [0.15, 0.2) is 54.6 Å². The SMILES string of the molecule is CCCCCCCc1ccc2c(c1)[nH]c1cc(C#Cc3ccc(F)c(F)c3)ccc12. The molecule has 0 radical (unpaired) electrons. The lowest BCUT2D eigenvalue weighted by molar-refractivity contribution is 0.508. The van der Waals surface area contributed by atoms with Crippen molar-refractivity contribution in [1.29, 1.82) is 0 Å². The molecule has 0 unspecified atom stereocenters. The van der Waals surface area contributed by atoms with E-state index in [1.165, 1.54) is 49.1 Å². The van der Waals surface area contributed by atoms with Crippen LogP contribution >= 0.6 is 0 Å². The first-order valence-electron chi connectivity index (χ1n) is 10.7. The van der Waals surface area contributed by atoms with Gasteiger partial charge in [0.2, 0.25) is 0 Å². The third-order valence-corrected chi connectivity index (χ3v) is 5.50. The number of hydrogen-bond acceptors (Lipinski definition) is 0. The van der Waals surface area contributed by atoms with E-state index in [0.29, 0.717) is 5.56 Å². The fraction of sp³-hybridized carbons (Fsp3) is 0.259. The molecule has 0 saturated heterocycles. The molecule has 0 aliphatic heterocycles. The summed E-state index contributed by atoms with van der Waals surface area (Å²) in [6.45, 7) is 2.24. The average Bonchev–Trinajstić information content (AvgIpc) is 3.11. The largest absolute Gasteiger partial charge is 0.354 e. The Morgan fingerprint density at radius 2 is 1.37 bits per heavy atom. The number of rotatable bonds is 6. The highest BCUT2D eigenvalue weighted by atomic mass is 19.2. The number of H-pyrrole nitrogens is 1. The van der Waals surface area contributed by atoms with Gasteiger partial charge in [-0.2, -0.15) is 0 Å². The molecular weight excluding hydrogens is 376 g/mol. The molecule has 4 aromatic rings. The first kappa shape index (κ1) is 20.2. The van der Waals surface area contributed by atoms with Gasteiger partial charge in [-0.3, -0.25) is 0 Å². The molecule has 3 aromatic carbocycles. The monoisotopic (exact) mass is 401 g/mol. The van der Waals surface area contributed by atoms with Crippen LogP contribution in [0.4, 0.5) is 8.78 Å². The van der Waals surface area contributed by atoms with Crippen LogP contribution < -0.4 is 0 Å². The minimum absolute atomic E-state index is 0.453. The summed E-state index contributed by atoms with van der Waals surface area (Å²) in [4.78, 5) is 3.51. The maximum absolute atomic E-state index is 13.3. The van der Waals surface area contributed by atoms with Gasteiger partial charge < -0.3 is 4.98 Å². The summed E-state index contributed by atoms with van der Waals surface area (Å²) >= 11 is 0. The van der Waals surface area contributed by atoms with Crippen molar-refractivity contribution in [1.82, 2.24) is 4.98 Å². The van der Waals surface area contributed by atoms with Crippen molar-refractivity contribution in [2.45, 2.75) is 45.4 Å². The van der Waals surface area contributed by atoms with Crippen LogP contribution in [0.5, 0.6) is 0 Å². The number of halogens is 2. The molecule has 3 heteroatoms. The lowest BCUT2D eigenvalue weighted by atomic mass is 10.0. The van der Waals surface area contributed by atoms with Gasteiger partial charge in [-0.05, 0) is 54.8 Å². The van der Waals surface area contributed by atoms with Crippen molar-refractivity contribution in [3.63, 3.8) is 0 Å². The Hall–Kier alpha value is -3.12. The minimum atomic E-state index is -0.881. The molecule has 4 rings (SSSR count). The molecule has 0 saturated carbocycles. The van der Waals surface area contributed by atoms with E-state index in [1.807, 2.05) is 12.1 Å². The number of aryl methyl sites for hydroxylation is 1. The van der Waals surface area contributed by atoms with E-state index in [1.54, 1.807) is 0 Å². The molecule has 0 atom stereocenters. The first-order valence-corrected chi connectivity index (χ1v) is 10.7. The average molecular weight is 402 g/mol. The highest BCUT2D eigenvalue weighted by Gasteiger charge is 2.06. The van der Waals surface area contributed by atoms with Crippen LogP contribution in [0, 0.1) is 23.5 Å². The van der Waals surface area contributed by atoms with Crippen molar-refractivity contribution in [2.24, 2.45) is 0 Å². The van der Waals surface area contributed by atoms with Crippen molar-refractivity contribution in [2.75, 3.05) is 0 Å². The molecule has 0 amide bonds. The van der Waals surface area contributed by atoms with Crippen molar-refractivity contribution in [3.05, 3.63) is 82.9 Å². The van der Waals surface area contributed by atoms with Crippen molar-refractivity contribution in [3.8, 4) is 11.8 Å². The van der Waals surface area contributed by atoms with E-state index in [2.05, 4.69) is 48.0 Å². The van der Waals surface area contributed by atoms with Crippen LogP contribution in [-0.2, 0) is 6.42 Å². The molecule has 1 heterocycles. The number of nitrogens with one attached hydrogen (secondary N) is 1. The van der Waals surface area contributed by atoms with Crippen LogP contribution in [0.1, 0.15) is 55.7 Å². The zero-order valence-corrected chi connectivity index (χ0v) is 17.2. The fourth-order valence-electron chi connectivity index (χ4n) is 3.84. The normalized spacial score (nSPS) is 11.0. The Kier molecular flexibility index (Phi) is 6.14. The van der Waals surface area contributed by atoms with Gasteiger partial charge in [0.1, 0.15) is 0 Å². The summed E-state index contributed by atoms with van der Waals surface area (Å²) in [5.74, 6) is 4.20. The maximum atomic E-state index is 13.3. The number of fused-ring (bicyclic) bond motifs is 3. The summed E-state index contributed by atoms with van der Waals surface area (Å²) in [5.41, 5.74) is 4.82. The number of unbranched alkanes of at least 4 members (excludes halogenated alkanes) is 4. The van der Waals surface area contributed by atoms with E-state index in [0.717, 1.165) is 40.5 Å². The van der Waals surface area contributed by atoms with Crippen LogP contribution in [-0.4, -0.2) is 4.98 Å². The number of aromatic nitrogens is 1. The lowest BCUT2D eigenvalue weighted by Crippen LogP contribution is -1.86. The molecular formula is C27H25F2N. The van der Waals surface area contributed by atoms with E-state index >= 15 is 0 Å². The predicted molar refractivity (Wildman–Crippen MR) is 121 cm³/mol. The molecule has 0 aliphatic carbocycles. The van der Waals surface area contributed by atoms with E-state index in [9.17, 15) is 8.78 Å². The van der Waals surface area contributed by atoms with E-state index in [-0.39, 0.29) is 0 Å². The second kappa shape index (κ2) is 9.13. The fourth-order valence-corrected chi connectivity index (χ4v) is 3.84. The van der Waals surface area contributed by atoms with Crippen LogP contribution in [0.25, 0.3) is 21.8 Å². The van der Waals surface area contributed by atoms with Crippen molar-refractivity contribution < 1.29 is 8.78 Å². The van der Waals surface area contributed by atoms with Gasteiger partial charge in [0.15, 0.2) is 11.6 Å². The summed E-state index contributed by atoms with van der Waals surface area (Å²) in [5, 5.41) is 2.37. The Bertz CT molecular complexity index is 1240. The number of aromatic amines is 1. The van der Waals surface area contributed by atoms with Crippen LogP contribution in [0.2, 0.25) is 0 Å². The Morgan fingerprint density at radius 3 is 2.13 bits per heavy atom. The zero-order valence-electron chi connectivity index (χ0n) is 17.2. The summed E-state index contributed by atoms with van der Waals surface area (Å²) in [6.07, 6.45) is 7.55. The lowest BCUT2D eigenvalue weighted by Gasteiger charge is -2.02. The van der Waals surface area contributed by atoms with Gasteiger partial charge in [-0.15, -0.1) is 0 Å². The molecule has 0 bridgehead atoms. The van der Waals surface area contributed by atoms with E-state index < -0.39 is 11.6 Å². The quantitative estimate of drug-likeness (QED) is 0.254. The first-order chi connectivity index (χ1) is 14.6. The molecule has 1 aromatic heterocycles. The molecule has 0 spiro atoms. The Labute approximate surface area is 176 Å². The highest BCUT2D eigenvalue weighted by Crippen LogP contribution is 2.27. The van der Waals surface area contributed by atoms with Crippen molar-refractivity contribution >= 4 is 21.8 Å². The smallest absolute Gasteiger partial charge is 0.160 e. The van der Waals surface area contributed by atoms with Gasteiger partial charge in [0.05, 0.1) is 0 Å². The minimum Gasteiger partial charge on any atom is -0.354 e. The van der Waals surface area contributed by atoms with Crippen LogP contribution in [0.3, 0.4) is 0 Å². The summed E-state index contributed by atoms with van der Waals surface area (Å²) < 4.78 is 26.4. The maximum Gasteiger partial charge on any atom is 0.160 e. The summed E-state index contributed by atoms with van der Waals surface area (Å²) in [6, 6.07) is 16.4. The third kappa shape index (κ3) is 4.54. The van der Waals surface area contributed by atoms with Gasteiger partial charge in [0, 0.05) is 32.9 Å². The number of benzene rings is 3. The topological polar surface area (TPSA) is 15.8 Å². The van der Waals surface area contributed by atoms with Gasteiger partial charge in [-0.25, -0.2) is 8.78 Å². The number of hydrogen-bond donors (Lipinski definition) is 1.